The summed E-state index contributed by atoms with van der Waals surface area (Å²) < 4.78 is 6.83. The lowest BCUT2D eigenvalue weighted by atomic mass is 10.3. The second-order valence-corrected chi connectivity index (χ2v) is 4.47. The molecule has 0 spiro atoms. The van der Waals surface area contributed by atoms with E-state index >= 15 is 0 Å². The molecule has 1 heterocycles. The summed E-state index contributed by atoms with van der Waals surface area (Å²) in [5.41, 5.74) is 0. The van der Waals surface area contributed by atoms with Crippen LogP contribution in [0.5, 0.6) is 0 Å². The summed E-state index contributed by atoms with van der Waals surface area (Å²) in [6.45, 7) is 10.2. The second-order valence-electron chi connectivity index (χ2n) is 4.29. The highest BCUT2D eigenvalue weighted by atomic mass is 32.1. The van der Waals surface area contributed by atoms with Crippen molar-refractivity contribution >= 4 is 12.6 Å². The van der Waals surface area contributed by atoms with Gasteiger partial charge in [-0.15, -0.1) is 0 Å². The molecule has 3 nitrogen and oxygen atoms in total. The lowest BCUT2D eigenvalue weighted by Crippen LogP contribution is -2.47. The van der Waals surface area contributed by atoms with Gasteiger partial charge in [-0.1, -0.05) is 18.7 Å². The van der Waals surface area contributed by atoms with Crippen LogP contribution >= 0.6 is 0 Å². The van der Waals surface area contributed by atoms with Crippen molar-refractivity contribution in [3.8, 4) is 5.40 Å². The zero-order valence-corrected chi connectivity index (χ0v) is 11.4. The summed E-state index contributed by atoms with van der Waals surface area (Å²) >= 11 is 3.70. The van der Waals surface area contributed by atoms with Crippen molar-refractivity contribution in [1.82, 2.24) is 0 Å². The van der Waals surface area contributed by atoms with E-state index in [0.29, 0.717) is 0 Å². The molecule has 0 atom stereocenters. The van der Waals surface area contributed by atoms with E-state index in [2.05, 4.69) is 26.5 Å². The van der Waals surface area contributed by atoms with Gasteiger partial charge in [-0.3, -0.25) is 0 Å². The molecule has 1 rings (SSSR count). The molecule has 0 amide bonds. The fourth-order valence-electron chi connectivity index (χ4n) is 2.20. The SMILES string of the molecule is CCCC[N+]1(COCC)CCCC1.N#C[S-]. The maximum absolute atomic E-state index is 7.13. The van der Waals surface area contributed by atoms with Crippen molar-refractivity contribution in [1.29, 1.82) is 5.26 Å². The van der Waals surface area contributed by atoms with Crippen LogP contribution in [-0.4, -0.2) is 37.5 Å². The summed E-state index contributed by atoms with van der Waals surface area (Å²) in [7, 11) is 0. The summed E-state index contributed by atoms with van der Waals surface area (Å²) in [6.07, 6.45) is 5.47. The molecular formula is C12H24N2OS. The lowest BCUT2D eigenvalue weighted by molar-refractivity contribution is -0.935. The minimum Gasteiger partial charge on any atom is -0.696 e. The Morgan fingerprint density at radius 2 is 1.88 bits per heavy atom. The van der Waals surface area contributed by atoms with Gasteiger partial charge in [-0.05, 0) is 13.3 Å². The van der Waals surface area contributed by atoms with E-state index in [4.69, 9.17) is 10.00 Å². The largest absolute Gasteiger partial charge is 0.696 e. The highest BCUT2D eigenvalue weighted by Gasteiger charge is 2.30. The van der Waals surface area contributed by atoms with Crippen LogP contribution in [0, 0.1) is 10.7 Å². The number of likely N-dealkylation sites (tertiary alicyclic amines) is 1. The minimum absolute atomic E-state index is 0.867. The van der Waals surface area contributed by atoms with Crippen LogP contribution in [0.1, 0.15) is 39.5 Å². The Bertz CT molecular complexity index is 188. The molecule has 4 heteroatoms. The number of quaternary nitrogens is 1. The maximum Gasteiger partial charge on any atom is 0.183 e. The van der Waals surface area contributed by atoms with E-state index in [1.165, 1.54) is 55.2 Å². The predicted octanol–water partition coefficient (Wildman–Crippen LogP) is 2.41. The van der Waals surface area contributed by atoms with Crippen LogP contribution in [0.2, 0.25) is 0 Å². The van der Waals surface area contributed by atoms with Crippen LogP contribution in [0.15, 0.2) is 0 Å². The number of rotatable bonds is 6. The number of nitrogens with zero attached hydrogens (tertiary/aromatic N) is 2. The van der Waals surface area contributed by atoms with Gasteiger partial charge < -0.3 is 21.8 Å². The first kappa shape index (κ1) is 15.6. The molecule has 0 aromatic carbocycles. The Labute approximate surface area is 105 Å². The minimum atomic E-state index is 0.867. The Morgan fingerprint density at radius 3 is 2.31 bits per heavy atom. The molecule has 0 aromatic heterocycles. The van der Waals surface area contributed by atoms with Gasteiger partial charge in [0.1, 0.15) is 0 Å². The van der Waals surface area contributed by atoms with E-state index in [9.17, 15) is 0 Å². The molecule has 1 saturated heterocycles. The first-order chi connectivity index (χ1) is 7.74. The molecule has 1 fully saturated rings. The molecule has 0 bridgehead atoms. The van der Waals surface area contributed by atoms with Crippen molar-refractivity contribution in [2.24, 2.45) is 0 Å². The molecule has 0 N–H and O–H groups in total. The average Bonchev–Trinajstić information content (AvgIpc) is 2.74. The number of nitriles is 1. The van der Waals surface area contributed by atoms with Crippen molar-refractivity contribution in [2.75, 3.05) is 33.0 Å². The maximum atomic E-state index is 7.13. The second kappa shape index (κ2) is 9.83. The van der Waals surface area contributed by atoms with Crippen LogP contribution in [0.3, 0.4) is 0 Å². The molecule has 0 aromatic rings. The number of hydrogen-bond donors (Lipinski definition) is 0. The molecule has 1 aliphatic heterocycles. The third-order valence-electron chi connectivity index (χ3n) is 3.07. The van der Waals surface area contributed by atoms with Gasteiger partial charge in [0.2, 0.25) is 0 Å². The smallest absolute Gasteiger partial charge is 0.183 e. The van der Waals surface area contributed by atoms with Gasteiger partial charge in [0, 0.05) is 19.4 Å². The van der Waals surface area contributed by atoms with Gasteiger partial charge >= 0.3 is 0 Å². The standard InChI is InChI=1S/C11H24NO.CHNS/c1-3-5-8-12(11-13-4-2)9-6-7-10-12;2-1-3/h3-11H2,1-2H3;3H/q+1;/p-1. The third-order valence-corrected chi connectivity index (χ3v) is 3.07. The lowest BCUT2D eigenvalue weighted by Gasteiger charge is -2.33. The highest BCUT2D eigenvalue weighted by Crippen LogP contribution is 2.20. The van der Waals surface area contributed by atoms with Crippen molar-refractivity contribution in [3.63, 3.8) is 0 Å². The van der Waals surface area contributed by atoms with E-state index < -0.39 is 0 Å². The summed E-state index contributed by atoms with van der Waals surface area (Å²) in [5, 5.41) is 8.47. The van der Waals surface area contributed by atoms with Gasteiger partial charge in [0.15, 0.2) is 6.73 Å². The fourth-order valence-corrected chi connectivity index (χ4v) is 2.20. The Morgan fingerprint density at radius 1 is 1.31 bits per heavy atom. The fraction of sp³-hybridized carbons (Fsp3) is 0.917. The Hall–Kier alpha value is -0.370. The summed E-state index contributed by atoms with van der Waals surface area (Å²) in [6, 6.07) is 0. The van der Waals surface area contributed by atoms with Gasteiger partial charge in [-0.25, -0.2) is 5.26 Å². The topological polar surface area (TPSA) is 33.0 Å². The van der Waals surface area contributed by atoms with Crippen molar-refractivity contribution < 1.29 is 9.22 Å². The molecule has 94 valence electrons. The van der Waals surface area contributed by atoms with Gasteiger partial charge in [-0.2, -0.15) is 0 Å². The molecule has 0 saturated carbocycles. The number of ether oxygens (including phenoxy) is 1. The number of unbranched alkanes of at least 4 members (excludes halogenated alkanes) is 1. The predicted molar refractivity (Wildman–Crippen MR) is 68.5 cm³/mol. The molecule has 16 heavy (non-hydrogen) atoms. The van der Waals surface area contributed by atoms with E-state index in [-0.39, 0.29) is 0 Å². The Balaban J connectivity index is 0.000000673. The zero-order chi connectivity index (χ0) is 12.3. The summed E-state index contributed by atoms with van der Waals surface area (Å²) in [5.74, 6) is 0. The molecule has 1 aliphatic rings. The number of thiocyanates is 1. The quantitative estimate of drug-likeness (QED) is 0.409. The highest BCUT2D eigenvalue weighted by molar-refractivity contribution is 7.64. The van der Waals surface area contributed by atoms with Crippen LogP contribution in [-0.2, 0) is 17.4 Å². The average molecular weight is 244 g/mol. The first-order valence-corrected chi connectivity index (χ1v) is 6.59. The van der Waals surface area contributed by atoms with E-state index in [1.807, 2.05) is 0 Å². The summed E-state index contributed by atoms with van der Waals surface area (Å²) in [4.78, 5) is 0. The monoisotopic (exact) mass is 244 g/mol. The van der Waals surface area contributed by atoms with Crippen LogP contribution in [0.25, 0.3) is 0 Å². The van der Waals surface area contributed by atoms with Crippen LogP contribution < -0.4 is 0 Å². The van der Waals surface area contributed by atoms with Gasteiger partial charge in [0.05, 0.1) is 19.6 Å². The zero-order valence-electron chi connectivity index (χ0n) is 10.6. The molecular weight excluding hydrogens is 220 g/mol. The third kappa shape index (κ3) is 6.26. The molecule has 0 unspecified atom stereocenters. The van der Waals surface area contributed by atoms with E-state index in [1.54, 1.807) is 0 Å². The van der Waals surface area contributed by atoms with Crippen molar-refractivity contribution in [2.45, 2.75) is 39.5 Å². The van der Waals surface area contributed by atoms with Crippen molar-refractivity contribution in [3.05, 3.63) is 0 Å². The van der Waals surface area contributed by atoms with Gasteiger partial charge in [0.25, 0.3) is 0 Å². The Kier molecular flexibility index (Phi) is 9.60. The van der Waals surface area contributed by atoms with E-state index in [0.717, 1.165) is 13.3 Å². The first-order valence-electron chi connectivity index (χ1n) is 6.18. The normalized spacial score (nSPS) is 17.3. The molecule has 0 radical (unpaired) electrons. The number of hydrogen-bond acceptors (Lipinski definition) is 3. The van der Waals surface area contributed by atoms with Crippen LogP contribution in [0.4, 0.5) is 0 Å². The molecule has 0 aliphatic carbocycles.